The highest BCUT2D eigenvalue weighted by Crippen LogP contribution is 2.24. The van der Waals surface area contributed by atoms with Crippen LogP contribution in [0.25, 0.3) is 10.9 Å². The lowest BCUT2D eigenvalue weighted by atomic mass is 10.1. The largest absolute Gasteiger partial charge is 0.394 e. The minimum atomic E-state index is 0.179. The molecule has 0 amide bonds. The van der Waals surface area contributed by atoms with Crippen molar-refractivity contribution >= 4 is 22.4 Å². The van der Waals surface area contributed by atoms with Gasteiger partial charge in [0.1, 0.15) is 12.1 Å². The third kappa shape index (κ3) is 3.51. The van der Waals surface area contributed by atoms with Crippen LogP contribution >= 0.6 is 0 Å². The van der Waals surface area contributed by atoms with Crippen molar-refractivity contribution in [1.82, 2.24) is 15.0 Å². The summed E-state index contributed by atoms with van der Waals surface area (Å²) < 4.78 is 0. The van der Waals surface area contributed by atoms with Crippen molar-refractivity contribution < 1.29 is 5.11 Å². The Balaban J connectivity index is 1.43. The fraction of sp³-hybridized carbons (Fsp3) is 0.400. The van der Waals surface area contributed by atoms with E-state index >= 15 is 0 Å². The molecule has 0 saturated carbocycles. The van der Waals surface area contributed by atoms with Crippen LogP contribution in [0, 0.1) is 0 Å². The van der Waals surface area contributed by atoms with Crippen LogP contribution in [0.15, 0.2) is 42.9 Å². The molecule has 0 spiro atoms. The molecule has 26 heavy (non-hydrogen) atoms. The lowest BCUT2D eigenvalue weighted by molar-refractivity contribution is 0.266. The van der Waals surface area contributed by atoms with E-state index in [1.165, 1.54) is 5.39 Å². The highest BCUT2D eigenvalue weighted by Gasteiger charge is 2.25. The molecular formula is C20H25N5O. The molecule has 3 heterocycles. The molecule has 1 saturated heterocycles. The number of anilines is 2. The minimum Gasteiger partial charge on any atom is -0.394 e. The van der Waals surface area contributed by atoms with Crippen molar-refractivity contribution in [2.75, 3.05) is 23.4 Å². The van der Waals surface area contributed by atoms with Crippen molar-refractivity contribution in [3.8, 4) is 0 Å². The monoisotopic (exact) mass is 351 g/mol. The third-order valence-corrected chi connectivity index (χ3v) is 5.07. The maximum absolute atomic E-state index is 9.54. The zero-order valence-corrected chi connectivity index (χ0v) is 15.0. The summed E-state index contributed by atoms with van der Waals surface area (Å²) in [5.41, 5.74) is 3.25. The molecule has 1 aliphatic heterocycles. The summed E-state index contributed by atoms with van der Waals surface area (Å²) in [6.07, 6.45) is 6.53. The average Bonchev–Trinajstić information content (AvgIpc) is 3.30. The van der Waals surface area contributed by atoms with Gasteiger partial charge >= 0.3 is 0 Å². The Morgan fingerprint density at radius 3 is 3.12 bits per heavy atom. The highest BCUT2D eigenvalue weighted by molar-refractivity contribution is 5.82. The van der Waals surface area contributed by atoms with Crippen molar-refractivity contribution in [2.24, 2.45) is 0 Å². The van der Waals surface area contributed by atoms with E-state index < -0.39 is 0 Å². The molecule has 1 fully saturated rings. The zero-order valence-electron chi connectivity index (χ0n) is 15.0. The maximum Gasteiger partial charge on any atom is 0.132 e. The molecule has 0 bridgehead atoms. The van der Waals surface area contributed by atoms with Crippen LogP contribution in [0.2, 0.25) is 0 Å². The summed E-state index contributed by atoms with van der Waals surface area (Å²) in [5.74, 6) is 0.923. The smallest absolute Gasteiger partial charge is 0.132 e. The van der Waals surface area contributed by atoms with Crippen molar-refractivity contribution in [2.45, 2.75) is 38.3 Å². The quantitative estimate of drug-likeness (QED) is 0.636. The van der Waals surface area contributed by atoms with E-state index in [4.69, 9.17) is 0 Å². The number of benzene rings is 1. The maximum atomic E-state index is 9.54. The van der Waals surface area contributed by atoms with Gasteiger partial charge in [0.25, 0.3) is 0 Å². The highest BCUT2D eigenvalue weighted by atomic mass is 16.3. The van der Waals surface area contributed by atoms with E-state index in [-0.39, 0.29) is 18.7 Å². The number of aromatic amines is 1. The summed E-state index contributed by atoms with van der Waals surface area (Å²) in [5, 5.41) is 14.3. The second-order valence-corrected chi connectivity index (χ2v) is 7.07. The van der Waals surface area contributed by atoms with Gasteiger partial charge in [-0.3, -0.25) is 0 Å². The van der Waals surface area contributed by atoms with Gasteiger partial charge in [-0.2, -0.15) is 0 Å². The molecule has 0 aliphatic carbocycles. The number of rotatable bonds is 6. The van der Waals surface area contributed by atoms with Gasteiger partial charge in [0.15, 0.2) is 0 Å². The Kier molecular flexibility index (Phi) is 4.75. The Bertz CT molecular complexity index is 877. The molecular weight excluding hydrogens is 326 g/mol. The molecule has 6 heteroatoms. The van der Waals surface area contributed by atoms with Gasteiger partial charge in [-0.15, -0.1) is 0 Å². The molecule has 2 aromatic heterocycles. The first kappa shape index (κ1) is 16.8. The van der Waals surface area contributed by atoms with E-state index in [2.05, 4.69) is 62.4 Å². The molecule has 2 atom stereocenters. The number of fused-ring (bicyclic) bond motifs is 1. The van der Waals surface area contributed by atoms with Gasteiger partial charge in [-0.25, -0.2) is 9.97 Å². The molecule has 6 nitrogen and oxygen atoms in total. The molecule has 0 radical (unpaired) electrons. The lowest BCUT2D eigenvalue weighted by Crippen LogP contribution is -2.33. The van der Waals surface area contributed by atoms with Crippen molar-refractivity contribution in [3.05, 3.63) is 48.5 Å². The Hall–Kier alpha value is -2.60. The first-order chi connectivity index (χ1) is 12.7. The first-order valence-electron chi connectivity index (χ1n) is 9.25. The minimum absolute atomic E-state index is 0.179. The van der Waals surface area contributed by atoms with Gasteiger partial charge in [-0.05, 0) is 43.4 Å². The molecule has 4 rings (SSSR count). The van der Waals surface area contributed by atoms with E-state index in [1.54, 1.807) is 6.33 Å². The van der Waals surface area contributed by atoms with Crippen molar-refractivity contribution in [1.29, 1.82) is 0 Å². The van der Waals surface area contributed by atoms with Gasteiger partial charge in [0.05, 0.1) is 12.6 Å². The van der Waals surface area contributed by atoms with Gasteiger partial charge in [-0.1, -0.05) is 6.07 Å². The van der Waals surface area contributed by atoms with Crippen LogP contribution < -0.4 is 10.2 Å². The number of nitrogens with zero attached hydrogens (tertiary/aromatic N) is 3. The number of aromatic nitrogens is 3. The van der Waals surface area contributed by atoms with Gasteiger partial charge in [0, 0.05) is 48.2 Å². The van der Waals surface area contributed by atoms with E-state index in [0.29, 0.717) is 0 Å². The average molecular weight is 351 g/mol. The Morgan fingerprint density at radius 2 is 2.23 bits per heavy atom. The molecule has 3 N–H and O–H groups in total. The second-order valence-electron chi connectivity index (χ2n) is 7.07. The predicted molar refractivity (Wildman–Crippen MR) is 105 cm³/mol. The van der Waals surface area contributed by atoms with Crippen LogP contribution in [0.3, 0.4) is 0 Å². The number of H-pyrrole nitrogens is 1. The van der Waals surface area contributed by atoms with Crippen LogP contribution in [0.5, 0.6) is 0 Å². The number of aliphatic hydroxyl groups is 1. The van der Waals surface area contributed by atoms with E-state index in [0.717, 1.165) is 48.5 Å². The fourth-order valence-corrected chi connectivity index (χ4v) is 3.77. The molecule has 1 aromatic carbocycles. The van der Waals surface area contributed by atoms with E-state index in [1.807, 2.05) is 6.20 Å². The van der Waals surface area contributed by atoms with Crippen LogP contribution in [-0.2, 0) is 6.42 Å². The zero-order chi connectivity index (χ0) is 17.9. The third-order valence-electron chi connectivity index (χ3n) is 5.07. The standard InChI is InChI=1S/C20H25N5O/c1-14(24-16-5-4-15-6-7-21-19(15)10-16)9-17-11-20(23-13-22-17)25-8-2-3-18(25)12-26/h4-7,10-11,13-14,18,21,24,26H,2-3,8-9,12H2,1H3. The fourth-order valence-electron chi connectivity index (χ4n) is 3.77. The number of hydrogen-bond donors (Lipinski definition) is 3. The summed E-state index contributed by atoms with van der Waals surface area (Å²) >= 11 is 0. The Labute approximate surface area is 153 Å². The molecule has 136 valence electrons. The second kappa shape index (κ2) is 7.33. The van der Waals surface area contributed by atoms with Crippen molar-refractivity contribution in [3.63, 3.8) is 0 Å². The summed E-state index contributed by atoms with van der Waals surface area (Å²) in [6, 6.07) is 10.9. The Morgan fingerprint density at radius 1 is 1.31 bits per heavy atom. The first-order valence-corrected chi connectivity index (χ1v) is 9.25. The van der Waals surface area contributed by atoms with Crippen LogP contribution in [0.4, 0.5) is 11.5 Å². The molecule has 3 aromatic rings. The SMILES string of the molecule is CC(Cc1cc(N2CCCC2CO)ncn1)Nc1ccc2cc[nH]c2c1. The summed E-state index contributed by atoms with van der Waals surface area (Å²) in [6.45, 7) is 3.29. The van der Waals surface area contributed by atoms with Gasteiger partial charge in [0.2, 0.25) is 0 Å². The summed E-state index contributed by atoms with van der Waals surface area (Å²) in [4.78, 5) is 14.3. The lowest BCUT2D eigenvalue weighted by Gasteiger charge is -2.24. The van der Waals surface area contributed by atoms with E-state index in [9.17, 15) is 5.11 Å². The predicted octanol–water partition coefficient (Wildman–Crippen LogP) is 2.96. The van der Waals surface area contributed by atoms with Gasteiger partial charge < -0.3 is 20.3 Å². The summed E-state index contributed by atoms with van der Waals surface area (Å²) in [7, 11) is 0. The molecule has 1 aliphatic rings. The normalized spacial score (nSPS) is 18.4. The number of hydrogen-bond acceptors (Lipinski definition) is 5. The topological polar surface area (TPSA) is 77.1 Å². The van der Waals surface area contributed by atoms with Crippen LogP contribution in [-0.4, -0.2) is 45.3 Å². The number of aliphatic hydroxyl groups excluding tert-OH is 1. The van der Waals surface area contributed by atoms with Crippen LogP contribution in [0.1, 0.15) is 25.5 Å². The molecule has 2 unspecified atom stereocenters. The number of nitrogens with one attached hydrogen (secondary N) is 2.